The van der Waals surface area contributed by atoms with Gasteiger partial charge in [-0.15, -0.1) is 0 Å². The molecule has 2 atom stereocenters. The summed E-state index contributed by atoms with van der Waals surface area (Å²) in [7, 11) is 0. The highest BCUT2D eigenvalue weighted by Gasteiger charge is 2.23. The Bertz CT molecular complexity index is 386. The predicted octanol–water partition coefficient (Wildman–Crippen LogP) is 2.65. The monoisotopic (exact) mass is 233 g/mol. The minimum Gasteiger partial charge on any atom is -0.481 e. The summed E-state index contributed by atoms with van der Waals surface area (Å²) in [6.07, 6.45) is 3.39. The molecular weight excluding hydrogens is 214 g/mol. The number of hydrogen-bond acceptors (Lipinski definition) is 2. The van der Waals surface area contributed by atoms with Crippen LogP contribution in [0.15, 0.2) is 24.3 Å². The smallest absolute Gasteiger partial charge is 0.304 e. The summed E-state index contributed by atoms with van der Waals surface area (Å²) in [6.45, 7) is 2.07. The van der Waals surface area contributed by atoms with Crippen LogP contribution < -0.4 is 5.32 Å². The van der Waals surface area contributed by atoms with E-state index in [1.165, 1.54) is 11.1 Å². The maximum absolute atomic E-state index is 10.7. The standard InChI is InChI=1S/C14H19NO2/c1-10-5-7-11(8-6-10)13-4-2-3-12(15-13)9-14(16)17/h5-8,12-13,15H,2-4,9H2,1H3,(H,16,17). The molecule has 0 amide bonds. The van der Waals surface area contributed by atoms with Crippen LogP contribution in [0, 0.1) is 6.92 Å². The highest BCUT2D eigenvalue weighted by Crippen LogP contribution is 2.26. The second-order valence-electron chi connectivity index (χ2n) is 4.86. The third-order valence-electron chi connectivity index (χ3n) is 3.38. The number of carboxylic acid groups (broad SMARTS) is 1. The lowest BCUT2D eigenvalue weighted by Gasteiger charge is -2.30. The summed E-state index contributed by atoms with van der Waals surface area (Å²) in [4.78, 5) is 10.7. The van der Waals surface area contributed by atoms with Crippen molar-refractivity contribution in [1.29, 1.82) is 0 Å². The van der Waals surface area contributed by atoms with Crippen LogP contribution in [-0.4, -0.2) is 17.1 Å². The maximum Gasteiger partial charge on any atom is 0.304 e. The average molecular weight is 233 g/mol. The van der Waals surface area contributed by atoms with Gasteiger partial charge >= 0.3 is 5.97 Å². The molecule has 2 unspecified atom stereocenters. The molecule has 92 valence electrons. The van der Waals surface area contributed by atoms with Crippen LogP contribution in [0.3, 0.4) is 0 Å². The number of benzene rings is 1. The first-order valence-electron chi connectivity index (χ1n) is 6.19. The largest absolute Gasteiger partial charge is 0.481 e. The van der Waals surface area contributed by atoms with Gasteiger partial charge in [0.25, 0.3) is 0 Å². The molecule has 1 aliphatic heterocycles. The molecule has 3 heteroatoms. The Morgan fingerprint density at radius 2 is 2.06 bits per heavy atom. The zero-order chi connectivity index (χ0) is 12.3. The minimum absolute atomic E-state index is 0.118. The molecule has 1 saturated heterocycles. The molecule has 0 spiro atoms. The quantitative estimate of drug-likeness (QED) is 0.843. The lowest BCUT2D eigenvalue weighted by molar-refractivity contribution is -0.137. The van der Waals surface area contributed by atoms with E-state index < -0.39 is 5.97 Å². The number of hydrogen-bond donors (Lipinski definition) is 2. The second-order valence-corrected chi connectivity index (χ2v) is 4.86. The van der Waals surface area contributed by atoms with Crippen molar-refractivity contribution in [3.05, 3.63) is 35.4 Å². The zero-order valence-corrected chi connectivity index (χ0v) is 10.1. The molecule has 17 heavy (non-hydrogen) atoms. The Balaban J connectivity index is 2.01. The molecule has 0 radical (unpaired) electrons. The van der Waals surface area contributed by atoms with Crippen molar-refractivity contribution in [2.75, 3.05) is 0 Å². The molecule has 1 heterocycles. The van der Waals surface area contributed by atoms with E-state index in [1.807, 2.05) is 0 Å². The highest BCUT2D eigenvalue weighted by atomic mass is 16.4. The lowest BCUT2D eigenvalue weighted by atomic mass is 9.92. The molecule has 0 aliphatic carbocycles. The van der Waals surface area contributed by atoms with Crippen LogP contribution in [0.4, 0.5) is 0 Å². The summed E-state index contributed by atoms with van der Waals surface area (Å²) in [5, 5.41) is 12.3. The molecule has 0 saturated carbocycles. The number of aliphatic carboxylic acids is 1. The van der Waals surface area contributed by atoms with Gasteiger partial charge in [0.1, 0.15) is 0 Å². The van der Waals surface area contributed by atoms with E-state index in [2.05, 4.69) is 36.5 Å². The van der Waals surface area contributed by atoms with Crippen molar-refractivity contribution in [3.8, 4) is 0 Å². The van der Waals surface area contributed by atoms with Gasteiger partial charge in [-0.1, -0.05) is 29.8 Å². The van der Waals surface area contributed by atoms with Crippen molar-refractivity contribution in [2.45, 2.75) is 44.7 Å². The van der Waals surface area contributed by atoms with Crippen molar-refractivity contribution in [1.82, 2.24) is 5.32 Å². The Morgan fingerprint density at radius 3 is 2.71 bits per heavy atom. The Labute approximate surface area is 102 Å². The van der Waals surface area contributed by atoms with E-state index in [0.717, 1.165) is 19.3 Å². The maximum atomic E-state index is 10.7. The van der Waals surface area contributed by atoms with Crippen molar-refractivity contribution in [2.24, 2.45) is 0 Å². The summed E-state index contributed by atoms with van der Waals surface area (Å²) >= 11 is 0. The van der Waals surface area contributed by atoms with Crippen LogP contribution in [0.1, 0.15) is 42.9 Å². The SMILES string of the molecule is Cc1ccc(C2CCCC(CC(=O)O)N2)cc1. The summed E-state index contributed by atoms with van der Waals surface area (Å²) in [6, 6.07) is 8.92. The topological polar surface area (TPSA) is 49.3 Å². The summed E-state index contributed by atoms with van der Waals surface area (Å²) < 4.78 is 0. The van der Waals surface area contributed by atoms with Crippen molar-refractivity contribution in [3.63, 3.8) is 0 Å². The molecule has 1 fully saturated rings. The Morgan fingerprint density at radius 1 is 1.35 bits per heavy atom. The number of rotatable bonds is 3. The number of nitrogens with one attached hydrogen (secondary N) is 1. The van der Waals surface area contributed by atoms with Gasteiger partial charge in [0.05, 0.1) is 6.42 Å². The molecule has 2 N–H and O–H groups in total. The molecular formula is C14H19NO2. The predicted molar refractivity (Wildman–Crippen MR) is 66.9 cm³/mol. The first kappa shape index (κ1) is 12.1. The normalized spacial score (nSPS) is 24.5. The Kier molecular flexibility index (Phi) is 3.79. The Hall–Kier alpha value is -1.35. The molecule has 1 aromatic rings. The first-order chi connectivity index (χ1) is 8.15. The van der Waals surface area contributed by atoms with Gasteiger partial charge in [-0.3, -0.25) is 4.79 Å². The fourth-order valence-electron chi connectivity index (χ4n) is 2.45. The molecule has 0 bridgehead atoms. The van der Waals surface area contributed by atoms with Gasteiger partial charge in [0.2, 0.25) is 0 Å². The van der Waals surface area contributed by atoms with Crippen LogP contribution in [-0.2, 0) is 4.79 Å². The van der Waals surface area contributed by atoms with Gasteiger partial charge in [0, 0.05) is 12.1 Å². The third kappa shape index (κ3) is 3.30. The van der Waals surface area contributed by atoms with E-state index in [1.54, 1.807) is 0 Å². The van der Waals surface area contributed by atoms with Gasteiger partial charge in [-0.2, -0.15) is 0 Å². The van der Waals surface area contributed by atoms with E-state index in [9.17, 15) is 4.79 Å². The zero-order valence-electron chi connectivity index (χ0n) is 10.1. The highest BCUT2D eigenvalue weighted by molar-refractivity contribution is 5.67. The van der Waals surface area contributed by atoms with Crippen molar-refractivity contribution < 1.29 is 9.90 Å². The van der Waals surface area contributed by atoms with E-state index in [4.69, 9.17) is 5.11 Å². The summed E-state index contributed by atoms with van der Waals surface area (Å²) in [5.74, 6) is -0.716. The fourth-order valence-corrected chi connectivity index (χ4v) is 2.45. The van der Waals surface area contributed by atoms with E-state index in [0.29, 0.717) is 6.04 Å². The van der Waals surface area contributed by atoms with E-state index in [-0.39, 0.29) is 12.5 Å². The molecule has 1 aromatic carbocycles. The fraction of sp³-hybridized carbons (Fsp3) is 0.500. The second kappa shape index (κ2) is 5.32. The first-order valence-corrected chi connectivity index (χ1v) is 6.19. The van der Waals surface area contributed by atoms with Gasteiger partial charge in [0.15, 0.2) is 0 Å². The van der Waals surface area contributed by atoms with Gasteiger partial charge < -0.3 is 10.4 Å². The van der Waals surface area contributed by atoms with Gasteiger partial charge in [-0.05, 0) is 31.7 Å². The lowest BCUT2D eigenvalue weighted by Crippen LogP contribution is -2.38. The van der Waals surface area contributed by atoms with Crippen LogP contribution in [0.2, 0.25) is 0 Å². The van der Waals surface area contributed by atoms with Crippen LogP contribution >= 0.6 is 0 Å². The number of carboxylic acids is 1. The summed E-state index contributed by atoms with van der Waals surface area (Å²) in [5.41, 5.74) is 2.53. The average Bonchev–Trinajstić information content (AvgIpc) is 2.29. The number of carbonyl (C=O) groups is 1. The third-order valence-corrected chi connectivity index (χ3v) is 3.38. The molecule has 3 nitrogen and oxygen atoms in total. The van der Waals surface area contributed by atoms with E-state index >= 15 is 0 Å². The van der Waals surface area contributed by atoms with Gasteiger partial charge in [-0.25, -0.2) is 0 Å². The molecule has 2 rings (SSSR count). The molecule has 0 aromatic heterocycles. The number of piperidine rings is 1. The van der Waals surface area contributed by atoms with Crippen molar-refractivity contribution >= 4 is 5.97 Å². The van der Waals surface area contributed by atoms with Crippen LogP contribution in [0.5, 0.6) is 0 Å². The molecule has 1 aliphatic rings. The van der Waals surface area contributed by atoms with Crippen LogP contribution in [0.25, 0.3) is 0 Å². The number of aryl methyl sites for hydroxylation is 1. The minimum atomic E-state index is -0.716.